The van der Waals surface area contributed by atoms with Gasteiger partial charge in [-0.25, -0.2) is 14.8 Å². The minimum absolute atomic E-state index is 0.155. The molecule has 1 amide bonds. The van der Waals surface area contributed by atoms with E-state index in [0.29, 0.717) is 0 Å². The molecule has 35 heavy (non-hydrogen) atoms. The maximum Gasteiger partial charge on any atom is 0.364 e. The van der Waals surface area contributed by atoms with Crippen molar-refractivity contribution in [3.05, 3.63) is 96.2 Å². The van der Waals surface area contributed by atoms with Crippen molar-refractivity contribution >= 4 is 22.6 Å². The number of piperazine rings is 1. The molecule has 6 rings (SSSR count). The highest BCUT2D eigenvalue weighted by molar-refractivity contribution is 5.98. The topological polar surface area (TPSA) is 56.6 Å². The lowest BCUT2D eigenvalue weighted by atomic mass is 10.1. The number of amides is 1. The molecule has 2 aliphatic rings. The quantitative estimate of drug-likeness (QED) is 0.480. The maximum atomic E-state index is 14.0. The third-order valence-corrected chi connectivity index (χ3v) is 7.10. The number of carbonyl (C=O) groups is 1. The van der Waals surface area contributed by atoms with Crippen LogP contribution in [-0.4, -0.2) is 57.9 Å². The molecule has 0 bridgehead atoms. The van der Waals surface area contributed by atoms with E-state index in [1.54, 1.807) is 6.20 Å². The number of benzene rings is 3. The Balaban J connectivity index is 1.27. The second kappa shape index (κ2) is 9.62. The minimum Gasteiger partial charge on any atom is -0.314 e. The van der Waals surface area contributed by atoms with E-state index in [9.17, 15) is 4.79 Å². The van der Waals surface area contributed by atoms with Gasteiger partial charge in [0.05, 0.1) is 17.4 Å². The molecule has 2 aliphatic heterocycles. The van der Waals surface area contributed by atoms with Crippen molar-refractivity contribution in [2.75, 3.05) is 31.2 Å². The highest BCUT2D eigenvalue weighted by atomic mass is 16.2. The molecule has 3 aromatic carbocycles. The summed E-state index contributed by atoms with van der Waals surface area (Å²) in [6.07, 6.45) is 2.73. The number of carbonyl (C=O) groups excluding carboxylic acids is 1. The van der Waals surface area contributed by atoms with Gasteiger partial charge in [0.25, 0.3) is 0 Å². The molecule has 1 atom stereocenters. The van der Waals surface area contributed by atoms with Crippen molar-refractivity contribution in [1.29, 1.82) is 0 Å². The number of fused-ring (bicyclic) bond motifs is 2. The Morgan fingerprint density at radius 3 is 2.46 bits per heavy atom. The van der Waals surface area contributed by atoms with Crippen molar-refractivity contribution in [2.45, 2.75) is 25.6 Å². The molecule has 7 heteroatoms. The Kier molecular flexibility index (Phi) is 6.04. The average Bonchev–Trinajstić information content (AvgIpc) is 3.53. The summed E-state index contributed by atoms with van der Waals surface area (Å²) in [7, 11) is 0. The van der Waals surface area contributed by atoms with Gasteiger partial charge < -0.3 is 5.32 Å². The molecule has 1 fully saturated rings. The van der Waals surface area contributed by atoms with Crippen molar-refractivity contribution in [1.82, 2.24) is 25.0 Å². The summed E-state index contributed by atoms with van der Waals surface area (Å²) in [5.41, 5.74) is 4.54. The van der Waals surface area contributed by atoms with E-state index in [-0.39, 0.29) is 12.1 Å². The summed E-state index contributed by atoms with van der Waals surface area (Å²) in [6, 6.07) is 26.5. The number of para-hydroxylation sites is 2. The summed E-state index contributed by atoms with van der Waals surface area (Å²) >= 11 is 0. The first kappa shape index (κ1) is 22.0. The van der Waals surface area contributed by atoms with Crippen LogP contribution in [0.4, 0.5) is 10.5 Å². The van der Waals surface area contributed by atoms with Gasteiger partial charge in [-0.05, 0) is 35.7 Å². The van der Waals surface area contributed by atoms with Crippen LogP contribution in [0.5, 0.6) is 0 Å². The van der Waals surface area contributed by atoms with Crippen LogP contribution < -0.4 is 10.3 Å². The molecule has 178 valence electrons. The van der Waals surface area contributed by atoms with Gasteiger partial charge in [0.1, 0.15) is 0 Å². The lowest BCUT2D eigenvalue weighted by molar-refractivity contribution is 0.125. The molecule has 3 heterocycles. The summed E-state index contributed by atoms with van der Waals surface area (Å²) in [6.45, 7) is 5.41. The third kappa shape index (κ3) is 4.34. The molecular weight excluding hydrogens is 436 g/mol. The van der Waals surface area contributed by atoms with Crippen LogP contribution in [0.25, 0.3) is 10.9 Å². The number of hydrogen-bond donors (Lipinski definition) is 1. The largest absolute Gasteiger partial charge is 0.364 e. The number of nitrogens with zero attached hydrogens (tertiary/aromatic N) is 5. The number of aromatic nitrogens is 2. The number of nitrogens with one attached hydrogen (secondary N) is 1. The van der Waals surface area contributed by atoms with Gasteiger partial charge in [-0.3, -0.25) is 4.90 Å². The van der Waals surface area contributed by atoms with Crippen molar-refractivity contribution < 1.29 is 4.79 Å². The average molecular weight is 467 g/mol. The SMILES string of the molecule is O=C(N(c1ccccc1)N1CCNCC1CCN1Cc2ccccc2C1)n1ncc2ccccc21. The Labute approximate surface area is 205 Å². The molecular formula is C28H30N6O. The molecule has 0 aliphatic carbocycles. The summed E-state index contributed by atoms with van der Waals surface area (Å²) in [5, 5.41) is 13.1. The fourth-order valence-electron chi connectivity index (χ4n) is 5.31. The van der Waals surface area contributed by atoms with Gasteiger partial charge in [0.2, 0.25) is 0 Å². The van der Waals surface area contributed by atoms with Crippen molar-refractivity contribution in [3.8, 4) is 0 Å². The summed E-state index contributed by atoms with van der Waals surface area (Å²) < 4.78 is 1.53. The number of anilines is 1. The maximum absolute atomic E-state index is 14.0. The Hall–Kier alpha value is -3.52. The third-order valence-electron chi connectivity index (χ3n) is 7.10. The molecule has 0 spiro atoms. The van der Waals surface area contributed by atoms with Crippen LogP contribution in [0.2, 0.25) is 0 Å². The Morgan fingerprint density at radius 2 is 1.66 bits per heavy atom. The van der Waals surface area contributed by atoms with E-state index in [2.05, 4.69) is 44.6 Å². The van der Waals surface area contributed by atoms with Crippen LogP contribution in [-0.2, 0) is 13.1 Å². The normalized spacial score (nSPS) is 18.6. The number of hydrogen-bond acceptors (Lipinski definition) is 5. The first-order chi connectivity index (χ1) is 17.3. The van der Waals surface area contributed by atoms with Crippen LogP contribution in [0.15, 0.2) is 85.1 Å². The molecule has 1 saturated heterocycles. The Morgan fingerprint density at radius 1 is 0.943 bits per heavy atom. The predicted molar refractivity (Wildman–Crippen MR) is 138 cm³/mol. The van der Waals surface area contributed by atoms with Gasteiger partial charge in [-0.15, -0.1) is 0 Å². The molecule has 0 radical (unpaired) electrons. The number of rotatable bonds is 5. The van der Waals surface area contributed by atoms with Gasteiger partial charge in [0, 0.05) is 50.7 Å². The molecule has 1 unspecified atom stereocenters. The van der Waals surface area contributed by atoms with Crippen LogP contribution in [0.1, 0.15) is 17.5 Å². The van der Waals surface area contributed by atoms with E-state index in [1.807, 2.05) is 59.6 Å². The molecule has 7 nitrogen and oxygen atoms in total. The van der Waals surface area contributed by atoms with E-state index < -0.39 is 0 Å². The standard InChI is InChI=1S/C28H30N6O/c35-28(33-27-13-7-6-8-22(27)18-30-33)34(25-11-2-1-3-12-25)32-17-15-29-19-26(32)14-16-31-20-23-9-4-5-10-24(23)21-31/h1-13,18,26,29H,14-17,19-21H2. The highest BCUT2D eigenvalue weighted by Gasteiger charge is 2.33. The zero-order valence-electron chi connectivity index (χ0n) is 19.8. The lowest BCUT2D eigenvalue weighted by Gasteiger charge is -2.43. The Bertz CT molecular complexity index is 1290. The minimum atomic E-state index is -0.155. The smallest absolute Gasteiger partial charge is 0.314 e. The fraction of sp³-hybridized carbons (Fsp3) is 0.286. The molecule has 4 aromatic rings. The molecule has 1 N–H and O–H groups in total. The second-order valence-electron chi connectivity index (χ2n) is 9.33. The zero-order valence-corrected chi connectivity index (χ0v) is 19.8. The van der Waals surface area contributed by atoms with E-state index in [4.69, 9.17) is 0 Å². The van der Waals surface area contributed by atoms with E-state index >= 15 is 0 Å². The van der Waals surface area contributed by atoms with Crippen LogP contribution >= 0.6 is 0 Å². The van der Waals surface area contributed by atoms with Crippen LogP contribution in [0, 0.1) is 0 Å². The van der Waals surface area contributed by atoms with Gasteiger partial charge >= 0.3 is 6.03 Å². The first-order valence-electron chi connectivity index (χ1n) is 12.4. The molecule has 0 saturated carbocycles. The van der Waals surface area contributed by atoms with Gasteiger partial charge in [-0.2, -0.15) is 9.78 Å². The van der Waals surface area contributed by atoms with E-state index in [1.165, 1.54) is 15.8 Å². The molecule has 1 aromatic heterocycles. The predicted octanol–water partition coefficient (Wildman–Crippen LogP) is 4.11. The van der Waals surface area contributed by atoms with Crippen molar-refractivity contribution in [3.63, 3.8) is 0 Å². The summed E-state index contributed by atoms with van der Waals surface area (Å²) in [5.74, 6) is 0. The number of hydrazine groups is 1. The zero-order chi connectivity index (χ0) is 23.6. The second-order valence-corrected chi connectivity index (χ2v) is 9.33. The van der Waals surface area contributed by atoms with Gasteiger partial charge in [-0.1, -0.05) is 60.7 Å². The van der Waals surface area contributed by atoms with Crippen LogP contribution in [0.3, 0.4) is 0 Å². The van der Waals surface area contributed by atoms with E-state index in [0.717, 1.165) is 62.3 Å². The fourth-order valence-corrected chi connectivity index (χ4v) is 5.31. The first-order valence-corrected chi connectivity index (χ1v) is 12.4. The van der Waals surface area contributed by atoms with Gasteiger partial charge in [0.15, 0.2) is 0 Å². The monoisotopic (exact) mass is 466 g/mol. The highest BCUT2D eigenvalue weighted by Crippen LogP contribution is 2.26. The van der Waals surface area contributed by atoms with Crippen molar-refractivity contribution in [2.24, 2.45) is 0 Å². The lowest BCUT2D eigenvalue weighted by Crippen LogP contribution is -2.61. The summed E-state index contributed by atoms with van der Waals surface area (Å²) in [4.78, 5) is 16.5.